The van der Waals surface area contributed by atoms with Crippen molar-refractivity contribution in [1.82, 2.24) is 26.2 Å². The van der Waals surface area contributed by atoms with Crippen molar-refractivity contribution in [3.63, 3.8) is 0 Å². The molecule has 0 aliphatic carbocycles. The van der Waals surface area contributed by atoms with Crippen LogP contribution in [-0.4, -0.2) is 65.4 Å². The molecule has 4 aromatic rings. The van der Waals surface area contributed by atoms with Gasteiger partial charge in [0.1, 0.15) is 17.7 Å². The second kappa shape index (κ2) is 19.6. The highest BCUT2D eigenvalue weighted by Gasteiger charge is 2.40. The van der Waals surface area contributed by atoms with Gasteiger partial charge in [0.15, 0.2) is 0 Å². The summed E-state index contributed by atoms with van der Waals surface area (Å²) in [6, 6.07) is 10.2. The number of unbranched alkanes of at least 4 members (excludes halogenated alkanes) is 6. The van der Waals surface area contributed by atoms with Gasteiger partial charge in [-0.25, -0.2) is 8.78 Å². The van der Waals surface area contributed by atoms with Gasteiger partial charge >= 0.3 is 6.18 Å². The molecule has 5 N–H and O–H groups in total. The van der Waals surface area contributed by atoms with Gasteiger partial charge in [0, 0.05) is 75.7 Å². The normalized spacial score (nSPS) is 16.7. The van der Waals surface area contributed by atoms with E-state index >= 15 is 0 Å². The van der Waals surface area contributed by atoms with Gasteiger partial charge in [0.25, 0.3) is 29.5 Å². The number of fused-ring (bicyclic) bond motifs is 2. The van der Waals surface area contributed by atoms with E-state index in [9.17, 15) is 55.5 Å². The predicted molar refractivity (Wildman–Crippen MR) is 226 cm³/mol. The first-order chi connectivity index (χ1) is 31.0. The van der Waals surface area contributed by atoms with E-state index in [0.717, 1.165) is 50.7 Å². The summed E-state index contributed by atoms with van der Waals surface area (Å²) < 4.78 is 68.9. The Hall–Kier alpha value is -6.69. The van der Waals surface area contributed by atoms with Crippen molar-refractivity contribution in [3.05, 3.63) is 133 Å². The second-order valence-electron chi connectivity index (χ2n) is 16.0. The van der Waals surface area contributed by atoms with E-state index in [-0.39, 0.29) is 82.7 Å². The molecule has 3 aliphatic heterocycles. The van der Waals surface area contributed by atoms with Gasteiger partial charge in [0.2, 0.25) is 11.8 Å². The van der Waals surface area contributed by atoms with E-state index in [1.54, 1.807) is 18.2 Å². The first-order valence-corrected chi connectivity index (χ1v) is 21.3. The fourth-order valence-electron chi connectivity index (χ4n) is 8.17. The highest BCUT2D eigenvalue weighted by molar-refractivity contribution is 6.31. The van der Waals surface area contributed by atoms with Gasteiger partial charge in [-0.15, -0.1) is 0 Å². The van der Waals surface area contributed by atoms with Crippen LogP contribution in [0.4, 0.5) is 27.6 Å². The fraction of sp³-hybridized carbons (Fsp3) is 0.326. The van der Waals surface area contributed by atoms with Gasteiger partial charge in [-0.3, -0.25) is 38.9 Å². The Labute approximate surface area is 373 Å². The highest BCUT2D eigenvalue weighted by atomic mass is 35.5. The van der Waals surface area contributed by atoms with Gasteiger partial charge in [-0.1, -0.05) is 43.7 Å². The number of nitrogens with zero attached hydrogens (tertiary/aromatic N) is 1. The van der Waals surface area contributed by atoms with Gasteiger partial charge in [0.05, 0.1) is 11.6 Å². The number of halogens is 6. The Morgan fingerprint density at radius 1 is 0.723 bits per heavy atom. The molecule has 13 nitrogen and oxygen atoms in total. The number of carbonyl (C=O) groups excluding carboxylic acids is 7. The van der Waals surface area contributed by atoms with Crippen LogP contribution < -0.4 is 26.6 Å². The number of amides is 7. The van der Waals surface area contributed by atoms with Crippen LogP contribution >= 0.6 is 11.6 Å². The lowest BCUT2D eigenvalue weighted by Crippen LogP contribution is -2.52. The third-order valence-corrected chi connectivity index (χ3v) is 11.8. The molecule has 65 heavy (non-hydrogen) atoms. The van der Waals surface area contributed by atoms with Crippen molar-refractivity contribution in [2.45, 2.75) is 82.6 Å². The summed E-state index contributed by atoms with van der Waals surface area (Å²) in [5.74, 6) is -5.94. The zero-order valence-corrected chi connectivity index (χ0v) is 35.3. The zero-order valence-electron chi connectivity index (χ0n) is 34.6. The molecule has 0 spiro atoms. The van der Waals surface area contributed by atoms with Crippen molar-refractivity contribution in [1.29, 1.82) is 0 Å². The third-order valence-electron chi connectivity index (χ3n) is 11.5. The molecular weight excluding hydrogens is 879 g/mol. The van der Waals surface area contributed by atoms with Crippen LogP contribution in [0.3, 0.4) is 0 Å². The number of carbonyl (C=O) groups is 7. The number of nitrogens with one attached hydrogen (secondary N) is 5. The van der Waals surface area contributed by atoms with Gasteiger partial charge in [-0.2, -0.15) is 13.2 Å². The summed E-state index contributed by atoms with van der Waals surface area (Å²) in [4.78, 5) is 91.0. The largest absolute Gasteiger partial charge is 0.416 e. The lowest BCUT2D eigenvalue weighted by atomic mass is 9.94. The average Bonchev–Trinajstić information content (AvgIpc) is 3.77. The minimum atomic E-state index is -4.96. The summed E-state index contributed by atoms with van der Waals surface area (Å²) in [6.07, 6.45) is 1.08. The number of imide groups is 1. The number of hydrogen-bond donors (Lipinski definition) is 5. The maximum absolute atomic E-state index is 14.3. The SMILES string of the molecule is O=C1CCC(N2Cc3cc(C(=O)NCCCCCCCCCNC(=O)c4cc(NC(=O)c5cc(F)cc(C(F)(F)F)c5)c5c(c4)C(=O)N[C@H]5c4cc(F)ccc4Cl)ccc3C2=O)C(=O)N1. The zero-order chi connectivity index (χ0) is 46.6. The predicted octanol–water partition coefficient (Wildman–Crippen LogP) is 7.37. The first kappa shape index (κ1) is 46.3. The lowest BCUT2D eigenvalue weighted by molar-refractivity contribution is -0.138. The standard InChI is InChI=1S/C46H42ClF5N6O7/c47-34-11-9-29(48)22-32(34)39-38-33(43(63)57-39)19-26(20-35(38)55-42(62)25-17-28(46(50,51)52)21-30(49)18-25)41(61)54-15-7-5-3-1-2-4-6-14-53-40(60)24-8-10-31-27(16-24)23-58(45(31)65)36-12-13-37(59)56-44(36)64/h8-11,16-22,36,39H,1-7,12-15,23H2,(H,53,60)(H,54,61)(H,55,62)(H,57,63)(H,56,59,64)/t36?,39-/m0/s1. The van der Waals surface area contributed by atoms with E-state index < -0.39 is 64.7 Å². The van der Waals surface area contributed by atoms with Crippen LogP contribution in [0.1, 0.15) is 138 Å². The third kappa shape index (κ3) is 10.6. The molecule has 4 aromatic carbocycles. The molecule has 340 valence electrons. The number of hydrogen-bond acceptors (Lipinski definition) is 7. The Morgan fingerprint density at radius 3 is 2.06 bits per heavy atom. The van der Waals surface area contributed by atoms with E-state index in [1.165, 1.54) is 23.1 Å². The molecule has 7 rings (SSSR count). The Balaban J connectivity index is 0.874. The van der Waals surface area contributed by atoms with Crippen LogP contribution in [0.25, 0.3) is 0 Å². The molecule has 0 bridgehead atoms. The van der Waals surface area contributed by atoms with E-state index in [2.05, 4.69) is 26.6 Å². The van der Waals surface area contributed by atoms with Crippen LogP contribution in [-0.2, 0) is 22.3 Å². The van der Waals surface area contributed by atoms with Crippen molar-refractivity contribution < 1.29 is 55.5 Å². The minimum Gasteiger partial charge on any atom is -0.352 e. The van der Waals surface area contributed by atoms with Crippen molar-refractivity contribution in [3.8, 4) is 0 Å². The van der Waals surface area contributed by atoms with Crippen LogP contribution in [0.2, 0.25) is 5.02 Å². The van der Waals surface area contributed by atoms with Crippen LogP contribution in [0, 0.1) is 11.6 Å². The number of rotatable bonds is 16. The molecule has 3 heterocycles. The van der Waals surface area contributed by atoms with Crippen LogP contribution in [0.15, 0.2) is 66.7 Å². The fourth-order valence-corrected chi connectivity index (χ4v) is 8.40. The molecule has 19 heteroatoms. The summed E-state index contributed by atoms with van der Waals surface area (Å²) >= 11 is 6.35. The molecule has 1 unspecified atom stereocenters. The van der Waals surface area contributed by atoms with E-state index in [4.69, 9.17) is 11.6 Å². The summed E-state index contributed by atoms with van der Waals surface area (Å²) in [5, 5.41) is 13.1. The highest BCUT2D eigenvalue weighted by Crippen LogP contribution is 2.41. The maximum Gasteiger partial charge on any atom is 0.416 e. The average molecular weight is 921 g/mol. The van der Waals surface area contributed by atoms with Crippen molar-refractivity contribution in [2.24, 2.45) is 0 Å². The molecule has 0 aromatic heterocycles. The maximum atomic E-state index is 14.3. The van der Waals surface area contributed by atoms with Gasteiger partial charge < -0.3 is 26.2 Å². The van der Waals surface area contributed by atoms with E-state index in [0.29, 0.717) is 41.8 Å². The molecule has 7 amide bonds. The summed E-state index contributed by atoms with van der Waals surface area (Å²) in [5.41, 5.74) is -0.747. The topological polar surface area (TPSA) is 183 Å². The molecule has 3 aliphatic rings. The first-order valence-electron chi connectivity index (χ1n) is 21.0. The quantitative estimate of drug-likeness (QED) is 0.0442. The smallest absolute Gasteiger partial charge is 0.352 e. The number of anilines is 1. The second-order valence-corrected chi connectivity index (χ2v) is 16.4. The number of alkyl halides is 3. The van der Waals surface area contributed by atoms with Crippen LogP contribution in [0.5, 0.6) is 0 Å². The van der Waals surface area contributed by atoms with Gasteiger partial charge in [-0.05, 0) is 91.6 Å². The molecule has 1 saturated heterocycles. The molecule has 2 atom stereocenters. The number of piperidine rings is 1. The summed E-state index contributed by atoms with van der Waals surface area (Å²) in [7, 11) is 0. The molecule has 0 radical (unpaired) electrons. The van der Waals surface area contributed by atoms with Crippen molar-refractivity contribution >= 4 is 58.6 Å². The Morgan fingerprint density at radius 2 is 1.38 bits per heavy atom. The van der Waals surface area contributed by atoms with E-state index in [1.807, 2.05) is 0 Å². The molecule has 0 saturated carbocycles. The lowest BCUT2D eigenvalue weighted by Gasteiger charge is -2.29. The summed E-state index contributed by atoms with van der Waals surface area (Å²) in [6.45, 7) is 0.874. The molecule has 1 fully saturated rings. The minimum absolute atomic E-state index is 0.0598. The number of benzene rings is 4. The Bertz CT molecular complexity index is 2610. The monoisotopic (exact) mass is 920 g/mol. The molecular formula is C46H42ClF5N6O7. The Kier molecular flexibility index (Phi) is 14.0. The van der Waals surface area contributed by atoms with Crippen molar-refractivity contribution in [2.75, 3.05) is 18.4 Å².